The average molecular weight is 617 g/mol. The zero-order valence-corrected chi connectivity index (χ0v) is 30.1. The molecule has 4 nitrogen and oxygen atoms in total. The number of hydrogen-bond donors (Lipinski definition) is 1. The molecule has 0 aliphatic carbocycles. The van der Waals surface area contributed by atoms with Crippen LogP contribution in [0.5, 0.6) is 0 Å². The Labute approximate surface area is 276 Å². The predicted octanol–water partition coefficient (Wildman–Crippen LogP) is 12.4. The summed E-state index contributed by atoms with van der Waals surface area (Å²) in [6, 6.07) is 0. The highest BCUT2D eigenvalue weighted by atomic mass is 17.3. The first-order chi connectivity index (χ1) is 21.7. The van der Waals surface area contributed by atoms with Crippen LogP contribution in [0.1, 0.15) is 174 Å². The normalized spacial score (nSPS) is 13.2. The van der Waals surface area contributed by atoms with Crippen LogP contribution < -0.4 is 5.48 Å². The van der Waals surface area contributed by atoms with Gasteiger partial charge >= 0.3 is 0 Å². The van der Waals surface area contributed by atoms with E-state index in [1.165, 1.54) is 135 Å². The Kier molecular flexibility index (Phi) is 36.9. The standard InChI is InChI=1S/C40H76N2O2/c1-5-7-9-11-13-15-17-19-21-23-25-27-29-31-33-35-37-40(43-44-41-38-39-42(3)4)36-34-32-30-28-26-24-22-20-18-16-14-12-10-8-6-2/h12-15,18-21,40-41H,5-11,16-17,22-39H2,1-4H3/b14-12+,15-13-,20-18-,21-19-. The van der Waals surface area contributed by atoms with Crippen LogP contribution in [-0.2, 0) is 9.88 Å². The molecule has 0 fully saturated rings. The van der Waals surface area contributed by atoms with Crippen LogP contribution in [0.4, 0.5) is 0 Å². The van der Waals surface area contributed by atoms with E-state index in [2.05, 4.69) is 86.9 Å². The fourth-order valence-electron chi connectivity index (χ4n) is 5.18. The van der Waals surface area contributed by atoms with Crippen molar-refractivity contribution in [1.82, 2.24) is 10.4 Å². The number of hydroxylamine groups is 1. The summed E-state index contributed by atoms with van der Waals surface area (Å²) < 4.78 is 0. The van der Waals surface area contributed by atoms with Crippen molar-refractivity contribution >= 4 is 0 Å². The van der Waals surface area contributed by atoms with Gasteiger partial charge in [-0.2, -0.15) is 5.48 Å². The number of rotatable bonds is 35. The third-order valence-electron chi connectivity index (χ3n) is 8.11. The summed E-state index contributed by atoms with van der Waals surface area (Å²) >= 11 is 0. The van der Waals surface area contributed by atoms with Gasteiger partial charge in [-0.25, -0.2) is 4.89 Å². The minimum atomic E-state index is 0.203. The third-order valence-corrected chi connectivity index (χ3v) is 8.11. The van der Waals surface area contributed by atoms with Gasteiger partial charge < -0.3 is 4.90 Å². The Morgan fingerprint density at radius 1 is 0.500 bits per heavy atom. The maximum Gasteiger partial charge on any atom is 0.0949 e. The van der Waals surface area contributed by atoms with Crippen LogP contribution in [0.15, 0.2) is 48.6 Å². The van der Waals surface area contributed by atoms with Crippen molar-refractivity contribution in [3.63, 3.8) is 0 Å². The summed E-state index contributed by atoms with van der Waals surface area (Å²) in [5, 5.41) is 0. The second kappa shape index (κ2) is 38.0. The van der Waals surface area contributed by atoms with Gasteiger partial charge in [0.2, 0.25) is 0 Å². The summed E-state index contributed by atoms with van der Waals surface area (Å²) in [5.74, 6) is 0. The van der Waals surface area contributed by atoms with Crippen LogP contribution in [0.25, 0.3) is 0 Å². The molecule has 0 amide bonds. The smallest absolute Gasteiger partial charge is 0.0949 e. The Bertz CT molecular complexity index is 656. The zero-order valence-electron chi connectivity index (χ0n) is 30.1. The second-order valence-electron chi connectivity index (χ2n) is 12.9. The molecule has 0 aromatic heterocycles. The van der Waals surface area contributed by atoms with Crippen molar-refractivity contribution in [2.45, 2.75) is 180 Å². The topological polar surface area (TPSA) is 33.7 Å². The maximum absolute atomic E-state index is 5.81. The molecule has 0 aliphatic rings. The zero-order chi connectivity index (χ0) is 32.0. The second-order valence-corrected chi connectivity index (χ2v) is 12.9. The SMILES string of the molecule is CCCC/C=C/C/C=C\CCCCCCCCC(CCCCCCCC/C=C\C/C=C\CCCCC)OONCCN(C)C. The van der Waals surface area contributed by atoms with E-state index in [0.717, 1.165) is 38.8 Å². The lowest BCUT2D eigenvalue weighted by Crippen LogP contribution is -2.28. The van der Waals surface area contributed by atoms with E-state index in [1.54, 1.807) is 0 Å². The van der Waals surface area contributed by atoms with Gasteiger partial charge in [-0.05, 0) is 84.7 Å². The largest absolute Gasteiger partial charge is 0.308 e. The lowest BCUT2D eigenvalue weighted by atomic mass is 10.0. The number of hydrogen-bond acceptors (Lipinski definition) is 4. The molecule has 44 heavy (non-hydrogen) atoms. The maximum atomic E-state index is 5.81. The fourth-order valence-corrected chi connectivity index (χ4v) is 5.18. The Morgan fingerprint density at radius 2 is 0.909 bits per heavy atom. The molecule has 4 heteroatoms. The molecular formula is C40H76N2O2. The minimum Gasteiger partial charge on any atom is -0.308 e. The van der Waals surface area contributed by atoms with E-state index in [0.29, 0.717) is 0 Å². The molecule has 0 saturated carbocycles. The fraction of sp³-hybridized carbons (Fsp3) is 0.800. The molecule has 0 radical (unpaired) electrons. The highest BCUT2D eigenvalue weighted by molar-refractivity contribution is 4.93. The summed E-state index contributed by atoms with van der Waals surface area (Å²) in [4.78, 5) is 13.4. The third kappa shape index (κ3) is 37.0. The molecule has 0 bridgehead atoms. The van der Waals surface area contributed by atoms with E-state index < -0.39 is 0 Å². The summed E-state index contributed by atoms with van der Waals surface area (Å²) in [7, 11) is 4.14. The minimum absolute atomic E-state index is 0.203. The van der Waals surface area contributed by atoms with Gasteiger partial charge in [-0.1, -0.05) is 152 Å². The van der Waals surface area contributed by atoms with Gasteiger partial charge in [0, 0.05) is 13.1 Å². The van der Waals surface area contributed by atoms with Crippen molar-refractivity contribution < 1.29 is 9.88 Å². The highest BCUT2D eigenvalue weighted by Gasteiger charge is 2.10. The average Bonchev–Trinajstić information content (AvgIpc) is 3.02. The predicted molar refractivity (Wildman–Crippen MR) is 196 cm³/mol. The molecule has 0 saturated heterocycles. The van der Waals surface area contributed by atoms with Crippen LogP contribution in [0.2, 0.25) is 0 Å². The van der Waals surface area contributed by atoms with Crippen molar-refractivity contribution in [3.05, 3.63) is 48.6 Å². The number of nitrogens with zero attached hydrogens (tertiary/aromatic N) is 1. The van der Waals surface area contributed by atoms with E-state index in [9.17, 15) is 0 Å². The molecule has 0 heterocycles. The highest BCUT2D eigenvalue weighted by Crippen LogP contribution is 2.17. The van der Waals surface area contributed by atoms with E-state index >= 15 is 0 Å². The lowest BCUT2D eigenvalue weighted by molar-refractivity contribution is -0.364. The van der Waals surface area contributed by atoms with Crippen LogP contribution in [0.3, 0.4) is 0 Å². The van der Waals surface area contributed by atoms with Gasteiger partial charge in [0.1, 0.15) is 0 Å². The first kappa shape index (κ1) is 42.8. The molecule has 258 valence electrons. The van der Waals surface area contributed by atoms with Crippen LogP contribution in [-0.4, -0.2) is 38.2 Å². The molecule has 0 rings (SSSR count). The quantitative estimate of drug-likeness (QED) is 0.0332. The monoisotopic (exact) mass is 617 g/mol. The molecular weight excluding hydrogens is 540 g/mol. The summed E-state index contributed by atoms with van der Waals surface area (Å²) in [5.41, 5.74) is 2.98. The van der Waals surface area contributed by atoms with Crippen molar-refractivity contribution in [1.29, 1.82) is 0 Å². The van der Waals surface area contributed by atoms with Crippen molar-refractivity contribution in [2.24, 2.45) is 0 Å². The van der Waals surface area contributed by atoms with E-state index in [1.807, 2.05) is 0 Å². The molecule has 0 aliphatic heterocycles. The van der Waals surface area contributed by atoms with E-state index in [-0.39, 0.29) is 6.10 Å². The molecule has 1 atom stereocenters. The van der Waals surface area contributed by atoms with Gasteiger partial charge in [-0.3, -0.25) is 0 Å². The van der Waals surface area contributed by atoms with Crippen LogP contribution >= 0.6 is 0 Å². The molecule has 0 aromatic rings. The summed E-state index contributed by atoms with van der Waals surface area (Å²) in [6.45, 7) is 6.23. The number of likely N-dealkylation sites (N-methyl/N-ethyl adjacent to an activating group) is 1. The van der Waals surface area contributed by atoms with Gasteiger partial charge in [0.05, 0.1) is 6.10 Å². The van der Waals surface area contributed by atoms with Gasteiger partial charge in [-0.15, -0.1) is 4.99 Å². The van der Waals surface area contributed by atoms with Crippen LogP contribution in [0, 0.1) is 0 Å². The van der Waals surface area contributed by atoms with E-state index in [4.69, 9.17) is 9.88 Å². The molecule has 0 aromatic carbocycles. The van der Waals surface area contributed by atoms with Crippen molar-refractivity contribution in [3.8, 4) is 0 Å². The Hall–Kier alpha value is -1.20. The molecule has 1 N–H and O–H groups in total. The molecule has 1 unspecified atom stereocenters. The Morgan fingerprint density at radius 3 is 1.36 bits per heavy atom. The lowest BCUT2D eigenvalue weighted by Gasteiger charge is -2.17. The number of nitrogens with one attached hydrogen (secondary N) is 1. The first-order valence-electron chi connectivity index (χ1n) is 19.0. The first-order valence-corrected chi connectivity index (χ1v) is 19.0. The Balaban J connectivity index is 3.89. The summed E-state index contributed by atoms with van der Waals surface area (Å²) in [6.07, 6.45) is 50.6. The van der Waals surface area contributed by atoms with Gasteiger partial charge in [0.25, 0.3) is 0 Å². The molecule has 0 spiro atoms. The number of allylic oxidation sites excluding steroid dienone is 8. The van der Waals surface area contributed by atoms with Crippen molar-refractivity contribution in [2.75, 3.05) is 27.2 Å². The number of unbranched alkanes of at least 4 members (excludes halogenated alkanes) is 17. The van der Waals surface area contributed by atoms with Gasteiger partial charge in [0.15, 0.2) is 0 Å².